The fraction of sp³-hybridized carbons (Fsp3) is 0.185. The Hall–Kier alpha value is -4.86. The number of nitrogens with one attached hydrogen (secondary N) is 2. The van der Waals surface area contributed by atoms with Gasteiger partial charge in [-0.05, 0) is 56.3 Å². The molecule has 3 amide bonds. The fourth-order valence-corrected chi connectivity index (χ4v) is 3.76. The Labute approximate surface area is 212 Å². The van der Waals surface area contributed by atoms with Crippen LogP contribution in [0.15, 0.2) is 80.5 Å². The summed E-state index contributed by atoms with van der Waals surface area (Å²) < 4.78 is 15.9. The quantitative estimate of drug-likeness (QED) is 0.287. The van der Waals surface area contributed by atoms with Gasteiger partial charge in [-0.15, -0.1) is 0 Å². The molecular formula is C27H25N3O7. The highest BCUT2D eigenvalue weighted by Gasteiger charge is 2.37. The summed E-state index contributed by atoms with van der Waals surface area (Å²) in [5, 5.41) is 5.01. The highest BCUT2D eigenvalue weighted by atomic mass is 16.5. The Morgan fingerprint density at radius 1 is 1.00 bits per heavy atom. The lowest BCUT2D eigenvalue weighted by Gasteiger charge is -2.15. The van der Waals surface area contributed by atoms with Gasteiger partial charge in [-0.25, -0.2) is 4.79 Å². The topological polar surface area (TPSA) is 131 Å². The molecule has 0 atom stereocenters. The molecular weight excluding hydrogens is 478 g/mol. The zero-order valence-corrected chi connectivity index (χ0v) is 20.5. The molecule has 0 radical (unpaired) electrons. The highest BCUT2D eigenvalue weighted by molar-refractivity contribution is 6.39. The Morgan fingerprint density at radius 2 is 1.76 bits per heavy atom. The van der Waals surface area contributed by atoms with Gasteiger partial charge in [-0.3, -0.25) is 14.4 Å². The molecule has 2 aromatic heterocycles. The molecule has 4 rings (SSSR count). The van der Waals surface area contributed by atoms with E-state index in [0.29, 0.717) is 22.9 Å². The Morgan fingerprint density at radius 3 is 2.43 bits per heavy atom. The van der Waals surface area contributed by atoms with E-state index in [1.807, 2.05) is 19.1 Å². The van der Waals surface area contributed by atoms with Crippen molar-refractivity contribution in [3.8, 4) is 0 Å². The van der Waals surface area contributed by atoms with Crippen LogP contribution >= 0.6 is 0 Å². The van der Waals surface area contributed by atoms with E-state index in [0.717, 1.165) is 5.56 Å². The third-order valence-corrected chi connectivity index (χ3v) is 5.70. The fourth-order valence-electron chi connectivity index (χ4n) is 3.76. The van der Waals surface area contributed by atoms with Crippen molar-refractivity contribution in [1.29, 1.82) is 0 Å². The summed E-state index contributed by atoms with van der Waals surface area (Å²) in [6, 6.07) is 13.7. The van der Waals surface area contributed by atoms with Crippen molar-refractivity contribution in [2.24, 2.45) is 0 Å². The van der Waals surface area contributed by atoms with Crippen LogP contribution in [0.1, 0.15) is 29.8 Å². The lowest BCUT2D eigenvalue weighted by Crippen LogP contribution is -2.34. The monoisotopic (exact) mass is 503 g/mol. The molecule has 2 N–H and O–H groups in total. The first-order chi connectivity index (χ1) is 17.8. The molecule has 0 saturated heterocycles. The lowest BCUT2D eigenvalue weighted by molar-refractivity contribution is -0.136. The van der Waals surface area contributed by atoms with Crippen molar-refractivity contribution in [2.75, 3.05) is 12.4 Å². The van der Waals surface area contributed by atoms with Crippen molar-refractivity contribution in [1.82, 2.24) is 10.2 Å². The maximum atomic E-state index is 13.2. The van der Waals surface area contributed by atoms with Gasteiger partial charge in [-0.1, -0.05) is 17.7 Å². The molecule has 37 heavy (non-hydrogen) atoms. The van der Waals surface area contributed by atoms with E-state index in [2.05, 4.69) is 10.6 Å². The number of anilines is 1. The van der Waals surface area contributed by atoms with Crippen LogP contribution in [-0.2, 0) is 37.0 Å². The molecule has 10 nitrogen and oxygen atoms in total. The van der Waals surface area contributed by atoms with Gasteiger partial charge in [0.15, 0.2) is 0 Å². The predicted molar refractivity (Wildman–Crippen MR) is 132 cm³/mol. The first kappa shape index (κ1) is 25.2. The summed E-state index contributed by atoms with van der Waals surface area (Å²) >= 11 is 0. The molecule has 0 fully saturated rings. The maximum absolute atomic E-state index is 13.2. The first-order valence-corrected chi connectivity index (χ1v) is 11.4. The Bertz CT molecular complexity index is 1400. The maximum Gasteiger partial charge on any atom is 0.340 e. The molecule has 0 bridgehead atoms. The second-order valence-corrected chi connectivity index (χ2v) is 8.29. The molecule has 0 saturated carbocycles. The number of aryl methyl sites for hydroxylation is 1. The highest BCUT2D eigenvalue weighted by Crippen LogP contribution is 2.33. The molecule has 1 aliphatic heterocycles. The number of benzene rings is 1. The van der Waals surface area contributed by atoms with E-state index >= 15 is 0 Å². The minimum absolute atomic E-state index is 0.0549. The van der Waals surface area contributed by atoms with Crippen molar-refractivity contribution < 1.29 is 32.7 Å². The van der Waals surface area contributed by atoms with Crippen LogP contribution in [0.2, 0.25) is 0 Å². The third kappa shape index (κ3) is 5.69. The number of amides is 3. The molecule has 190 valence electrons. The van der Waals surface area contributed by atoms with Gasteiger partial charge in [-0.2, -0.15) is 0 Å². The van der Waals surface area contributed by atoms with E-state index < -0.39 is 23.7 Å². The minimum Gasteiger partial charge on any atom is -0.467 e. The number of rotatable bonds is 7. The number of carbonyl (C=O) groups is 4. The van der Waals surface area contributed by atoms with Crippen LogP contribution in [-0.4, -0.2) is 35.7 Å². The molecule has 3 aromatic rings. The standard InChI is InChI=1S/C27H25N3O7/c1-16-6-8-18(9-7-16)29-25(32)24(31)28-14-20-11-10-19(37-20)13-22-23(27(34)35-3)17(2)30(26(22)33)15-21-5-4-12-36-21/h4-13H,14-15H2,1-3H3,(H,28,31)(H,29,32)/b22-13+. The number of esters is 1. The SMILES string of the molecule is COC(=O)C1=C(C)N(Cc2ccco2)C(=O)/C1=C/c1ccc(CNC(=O)C(=O)Nc2ccc(C)cc2)o1. The second kappa shape index (κ2) is 10.8. The number of methoxy groups -OCH3 is 1. The number of allylic oxidation sites excluding steroid dienone is 1. The zero-order chi connectivity index (χ0) is 26.5. The number of hydrogen-bond acceptors (Lipinski definition) is 7. The summed E-state index contributed by atoms with van der Waals surface area (Å²) in [6.45, 7) is 3.66. The first-order valence-electron chi connectivity index (χ1n) is 11.4. The third-order valence-electron chi connectivity index (χ3n) is 5.70. The normalized spacial score (nSPS) is 14.3. The summed E-state index contributed by atoms with van der Waals surface area (Å²) in [5.41, 5.74) is 2.19. The second-order valence-electron chi connectivity index (χ2n) is 8.29. The van der Waals surface area contributed by atoms with Crippen LogP contribution in [0.5, 0.6) is 0 Å². The Kier molecular flexibility index (Phi) is 7.38. The average molecular weight is 504 g/mol. The van der Waals surface area contributed by atoms with Crippen LogP contribution in [0.4, 0.5) is 5.69 Å². The molecule has 10 heteroatoms. The number of carbonyl (C=O) groups excluding carboxylic acids is 4. The number of nitrogens with zero attached hydrogens (tertiary/aromatic N) is 1. The van der Waals surface area contributed by atoms with Gasteiger partial charge < -0.3 is 29.1 Å². The van der Waals surface area contributed by atoms with Crippen LogP contribution < -0.4 is 10.6 Å². The van der Waals surface area contributed by atoms with E-state index in [9.17, 15) is 19.2 Å². The van der Waals surface area contributed by atoms with E-state index in [4.69, 9.17) is 13.6 Å². The number of ether oxygens (including phenoxy) is 1. The van der Waals surface area contributed by atoms with Gasteiger partial charge >= 0.3 is 17.8 Å². The van der Waals surface area contributed by atoms with Crippen molar-refractivity contribution in [2.45, 2.75) is 26.9 Å². The molecule has 0 aliphatic carbocycles. The van der Waals surface area contributed by atoms with Gasteiger partial charge in [0.2, 0.25) is 0 Å². The molecule has 0 unspecified atom stereocenters. The van der Waals surface area contributed by atoms with E-state index in [1.165, 1.54) is 24.3 Å². The van der Waals surface area contributed by atoms with Crippen molar-refractivity contribution in [3.05, 3.63) is 94.5 Å². The van der Waals surface area contributed by atoms with Gasteiger partial charge in [0.05, 0.1) is 37.6 Å². The van der Waals surface area contributed by atoms with Gasteiger partial charge in [0, 0.05) is 11.4 Å². The smallest absolute Gasteiger partial charge is 0.340 e. The van der Waals surface area contributed by atoms with E-state index in [1.54, 1.807) is 43.3 Å². The van der Waals surface area contributed by atoms with Crippen molar-refractivity contribution >= 4 is 35.5 Å². The molecule has 1 aliphatic rings. The predicted octanol–water partition coefficient (Wildman–Crippen LogP) is 3.31. The van der Waals surface area contributed by atoms with Gasteiger partial charge in [0.25, 0.3) is 5.91 Å². The largest absolute Gasteiger partial charge is 0.467 e. The number of furan rings is 2. The molecule has 1 aromatic carbocycles. The summed E-state index contributed by atoms with van der Waals surface area (Å²) in [6.07, 6.45) is 2.94. The summed E-state index contributed by atoms with van der Waals surface area (Å²) in [5.74, 6) is -1.52. The lowest BCUT2D eigenvalue weighted by atomic mass is 10.1. The minimum atomic E-state index is -0.831. The van der Waals surface area contributed by atoms with Crippen LogP contribution in [0.3, 0.4) is 0 Å². The zero-order valence-electron chi connectivity index (χ0n) is 20.5. The van der Waals surface area contributed by atoms with E-state index in [-0.39, 0.29) is 30.0 Å². The van der Waals surface area contributed by atoms with Crippen molar-refractivity contribution in [3.63, 3.8) is 0 Å². The Balaban J connectivity index is 1.44. The van der Waals surface area contributed by atoms with Crippen LogP contribution in [0.25, 0.3) is 6.08 Å². The summed E-state index contributed by atoms with van der Waals surface area (Å²) in [7, 11) is 1.24. The molecule has 0 spiro atoms. The number of hydrogen-bond donors (Lipinski definition) is 2. The molecule has 3 heterocycles. The average Bonchev–Trinajstić information content (AvgIpc) is 3.62. The summed E-state index contributed by atoms with van der Waals surface area (Å²) in [4.78, 5) is 51.4. The van der Waals surface area contributed by atoms with Crippen LogP contribution in [0, 0.1) is 6.92 Å². The van der Waals surface area contributed by atoms with Gasteiger partial charge in [0.1, 0.15) is 17.3 Å².